The number of hydrogen-bond donors (Lipinski definition) is 0. The first-order chi connectivity index (χ1) is 22.9. The molecule has 0 saturated carbocycles. The van der Waals surface area contributed by atoms with Gasteiger partial charge in [-0.15, -0.1) is 0 Å². The van der Waals surface area contributed by atoms with E-state index in [4.69, 9.17) is 18.9 Å². The Morgan fingerprint density at radius 2 is 1.23 bits per heavy atom. The highest BCUT2D eigenvalue weighted by atomic mass is 16.5. The molecule has 7 nitrogen and oxygen atoms in total. The van der Waals surface area contributed by atoms with Crippen LogP contribution in [0.25, 0.3) is 0 Å². The Bertz CT molecular complexity index is 1770. The van der Waals surface area contributed by atoms with E-state index in [0.29, 0.717) is 40.7 Å². The number of hydrogen-bond acceptors (Lipinski definition) is 6. The molecule has 0 radical (unpaired) electrons. The van der Waals surface area contributed by atoms with Gasteiger partial charge < -0.3 is 23.8 Å². The van der Waals surface area contributed by atoms with E-state index in [9.17, 15) is 9.59 Å². The van der Waals surface area contributed by atoms with Crippen LogP contribution < -0.4 is 19.1 Å². The van der Waals surface area contributed by atoms with Crippen molar-refractivity contribution in [2.75, 3.05) is 19.1 Å². The van der Waals surface area contributed by atoms with Crippen LogP contribution in [0.3, 0.4) is 0 Å². The van der Waals surface area contributed by atoms with Gasteiger partial charge in [-0.05, 0) is 70.6 Å². The van der Waals surface area contributed by atoms with Crippen LogP contribution >= 0.6 is 0 Å². The molecule has 0 N–H and O–H groups in total. The SMILES string of the molecule is COC(=O)c1ccc(CN(C(=O)c2cc(C(C)C)c(OCc3ccccc3)cc2OCc2ccccc2)c2ccc(OC)cc2)cc1. The summed E-state index contributed by atoms with van der Waals surface area (Å²) in [6.45, 7) is 5.05. The molecule has 0 aromatic heterocycles. The minimum Gasteiger partial charge on any atom is -0.497 e. The lowest BCUT2D eigenvalue weighted by molar-refractivity contribution is 0.0600. The minimum absolute atomic E-state index is 0.0656. The van der Waals surface area contributed by atoms with Crippen molar-refractivity contribution in [1.82, 2.24) is 0 Å². The lowest BCUT2D eigenvalue weighted by Crippen LogP contribution is -2.31. The quantitative estimate of drug-likeness (QED) is 0.121. The summed E-state index contributed by atoms with van der Waals surface area (Å²) in [4.78, 5) is 28.5. The average molecular weight is 630 g/mol. The van der Waals surface area contributed by atoms with Crippen LogP contribution in [0.2, 0.25) is 0 Å². The summed E-state index contributed by atoms with van der Waals surface area (Å²) in [6.07, 6.45) is 0. The molecule has 0 spiro atoms. The van der Waals surface area contributed by atoms with E-state index in [0.717, 1.165) is 22.3 Å². The van der Waals surface area contributed by atoms with Crippen molar-refractivity contribution in [2.45, 2.75) is 39.5 Å². The Morgan fingerprint density at radius 1 is 0.660 bits per heavy atom. The molecular formula is C40H39NO6. The third-order valence-electron chi connectivity index (χ3n) is 7.78. The second-order valence-corrected chi connectivity index (χ2v) is 11.4. The van der Waals surface area contributed by atoms with Crippen LogP contribution in [0.4, 0.5) is 5.69 Å². The van der Waals surface area contributed by atoms with Gasteiger partial charge in [0.25, 0.3) is 5.91 Å². The Labute approximate surface area is 276 Å². The van der Waals surface area contributed by atoms with E-state index in [-0.39, 0.29) is 25.0 Å². The van der Waals surface area contributed by atoms with Gasteiger partial charge in [0.05, 0.1) is 31.9 Å². The Kier molecular flexibility index (Phi) is 10.9. The second kappa shape index (κ2) is 15.6. The van der Waals surface area contributed by atoms with Gasteiger partial charge in [-0.3, -0.25) is 4.79 Å². The molecule has 0 bridgehead atoms. The minimum atomic E-state index is -0.421. The standard InChI is InChI=1S/C40H39NO6/c1-28(2)35-23-36(38(47-27-31-13-9-6-10-14-31)24-37(35)46-26-30-11-7-5-8-12-30)39(42)41(33-19-21-34(44-3)22-20-33)25-29-15-17-32(18-16-29)40(43)45-4/h5-24,28H,25-27H2,1-4H3. The number of benzene rings is 5. The fourth-order valence-corrected chi connectivity index (χ4v) is 5.15. The molecule has 5 rings (SSSR count). The molecular weight excluding hydrogens is 590 g/mol. The van der Waals surface area contributed by atoms with Gasteiger partial charge in [-0.2, -0.15) is 0 Å². The smallest absolute Gasteiger partial charge is 0.337 e. The molecule has 47 heavy (non-hydrogen) atoms. The van der Waals surface area contributed by atoms with Crippen molar-refractivity contribution in [3.63, 3.8) is 0 Å². The maximum Gasteiger partial charge on any atom is 0.337 e. The molecule has 0 aliphatic rings. The van der Waals surface area contributed by atoms with Crippen molar-refractivity contribution < 1.29 is 28.5 Å². The highest BCUT2D eigenvalue weighted by Crippen LogP contribution is 2.37. The maximum absolute atomic E-state index is 14.7. The number of carbonyl (C=O) groups is 2. The van der Waals surface area contributed by atoms with Crippen LogP contribution in [-0.2, 0) is 24.5 Å². The van der Waals surface area contributed by atoms with E-state index in [1.54, 1.807) is 24.1 Å². The highest BCUT2D eigenvalue weighted by Gasteiger charge is 2.26. The van der Waals surface area contributed by atoms with Crippen LogP contribution in [0.1, 0.15) is 62.7 Å². The zero-order valence-electron chi connectivity index (χ0n) is 27.1. The number of nitrogens with zero attached hydrogens (tertiary/aromatic N) is 1. The van der Waals surface area contributed by atoms with Gasteiger partial charge >= 0.3 is 5.97 Å². The molecule has 5 aromatic carbocycles. The van der Waals surface area contributed by atoms with Gasteiger partial charge in [0, 0.05) is 11.8 Å². The first-order valence-electron chi connectivity index (χ1n) is 15.5. The molecule has 7 heteroatoms. The molecule has 1 amide bonds. The number of carbonyl (C=O) groups excluding carboxylic acids is 2. The number of rotatable bonds is 13. The molecule has 240 valence electrons. The average Bonchev–Trinajstić information content (AvgIpc) is 3.12. The third kappa shape index (κ3) is 8.38. The number of anilines is 1. The summed E-state index contributed by atoms with van der Waals surface area (Å²) >= 11 is 0. The van der Waals surface area contributed by atoms with Crippen LogP contribution in [0.15, 0.2) is 121 Å². The maximum atomic E-state index is 14.7. The molecule has 0 unspecified atom stereocenters. The molecule has 0 fully saturated rings. The van der Waals surface area contributed by atoms with E-state index in [1.165, 1.54) is 7.11 Å². The lowest BCUT2D eigenvalue weighted by Gasteiger charge is -2.26. The molecule has 0 atom stereocenters. The summed E-state index contributed by atoms with van der Waals surface area (Å²) in [5.74, 6) is 1.17. The van der Waals surface area contributed by atoms with Crippen molar-refractivity contribution in [2.24, 2.45) is 0 Å². The highest BCUT2D eigenvalue weighted by molar-refractivity contribution is 6.08. The number of methoxy groups -OCH3 is 2. The number of amides is 1. The molecule has 0 saturated heterocycles. The normalized spacial score (nSPS) is 10.7. The lowest BCUT2D eigenvalue weighted by atomic mass is 9.97. The Morgan fingerprint density at radius 3 is 1.77 bits per heavy atom. The summed E-state index contributed by atoms with van der Waals surface area (Å²) in [5, 5.41) is 0. The summed E-state index contributed by atoms with van der Waals surface area (Å²) < 4.78 is 23.0. The van der Waals surface area contributed by atoms with Crippen molar-refractivity contribution in [1.29, 1.82) is 0 Å². The molecule has 5 aromatic rings. The van der Waals surface area contributed by atoms with Gasteiger partial charge in [0.2, 0.25) is 0 Å². The first-order valence-corrected chi connectivity index (χ1v) is 15.5. The van der Waals surface area contributed by atoms with Crippen LogP contribution in [0, 0.1) is 0 Å². The summed E-state index contributed by atoms with van der Waals surface area (Å²) in [7, 11) is 2.95. The third-order valence-corrected chi connectivity index (χ3v) is 7.78. The molecule has 0 heterocycles. The largest absolute Gasteiger partial charge is 0.497 e. The second-order valence-electron chi connectivity index (χ2n) is 11.4. The van der Waals surface area contributed by atoms with Crippen LogP contribution in [-0.4, -0.2) is 26.1 Å². The Hall–Kier alpha value is -5.56. The molecule has 0 aliphatic heterocycles. The van der Waals surface area contributed by atoms with Crippen molar-refractivity contribution in [3.8, 4) is 17.2 Å². The summed E-state index contributed by atoms with van der Waals surface area (Å²) in [6, 6.07) is 37.9. The van der Waals surface area contributed by atoms with Crippen molar-refractivity contribution in [3.05, 3.63) is 155 Å². The first kappa shape index (κ1) is 32.8. The van der Waals surface area contributed by atoms with E-state index in [2.05, 4.69) is 13.8 Å². The summed E-state index contributed by atoms with van der Waals surface area (Å²) in [5.41, 5.74) is 5.27. The fourth-order valence-electron chi connectivity index (χ4n) is 5.15. The van der Waals surface area contributed by atoms with E-state index in [1.807, 2.05) is 109 Å². The van der Waals surface area contributed by atoms with Crippen molar-refractivity contribution >= 4 is 17.6 Å². The Balaban J connectivity index is 1.56. The zero-order valence-corrected chi connectivity index (χ0v) is 27.1. The van der Waals surface area contributed by atoms with E-state index >= 15 is 0 Å². The number of ether oxygens (including phenoxy) is 4. The zero-order chi connectivity index (χ0) is 33.2. The molecule has 0 aliphatic carbocycles. The number of esters is 1. The van der Waals surface area contributed by atoms with Gasteiger partial charge in [0.1, 0.15) is 30.5 Å². The topological polar surface area (TPSA) is 74.3 Å². The van der Waals surface area contributed by atoms with E-state index < -0.39 is 5.97 Å². The monoisotopic (exact) mass is 629 g/mol. The fraction of sp³-hybridized carbons (Fsp3) is 0.200. The van der Waals surface area contributed by atoms with Gasteiger partial charge in [0.15, 0.2) is 0 Å². The van der Waals surface area contributed by atoms with Crippen LogP contribution in [0.5, 0.6) is 17.2 Å². The van der Waals surface area contributed by atoms with Gasteiger partial charge in [-0.25, -0.2) is 4.79 Å². The van der Waals surface area contributed by atoms with Gasteiger partial charge in [-0.1, -0.05) is 86.6 Å². The predicted octanol–water partition coefficient (Wildman–Crippen LogP) is 8.61. The predicted molar refractivity (Wildman–Crippen MR) is 183 cm³/mol.